The van der Waals surface area contributed by atoms with Crippen LogP contribution in [0.5, 0.6) is 0 Å². The van der Waals surface area contributed by atoms with Gasteiger partial charge in [-0.3, -0.25) is 0 Å². The van der Waals surface area contributed by atoms with Gasteiger partial charge in [0.2, 0.25) is 0 Å². The van der Waals surface area contributed by atoms with Crippen molar-refractivity contribution in [2.75, 3.05) is 26.0 Å². The lowest BCUT2D eigenvalue weighted by atomic mass is 9.88. The summed E-state index contributed by atoms with van der Waals surface area (Å²) in [5.74, 6) is 0. The van der Waals surface area contributed by atoms with E-state index in [9.17, 15) is 5.11 Å². The van der Waals surface area contributed by atoms with Gasteiger partial charge in [0.05, 0.1) is 18.8 Å². The molecule has 2 rings (SSSR count). The van der Waals surface area contributed by atoms with E-state index < -0.39 is 0 Å². The van der Waals surface area contributed by atoms with Crippen LogP contribution in [0.3, 0.4) is 0 Å². The average Bonchev–Trinajstić information content (AvgIpc) is 2.99. The van der Waals surface area contributed by atoms with Gasteiger partial charge < -0.3 is 15.2 Å². The molecule has 2 saturated carbocycles. The minimum Gasteiger partial charge on any atom is -0.389 e. The van der Waals surface area contributed by atoms with Crippen LogP contribution in [0.15, 0.2) is 0 Å². The van der Waals surface area contributed by atoms with Gasteiger partial charge in [-0.05, 0) is 31.9 Å². The molecule has 0 aromatic carbocycles. The van der Waals surface area contributed by atoms with Gasteiger partial charge in [0.25, 0.3) is 0 Å². The van der Waals surface area contributed by atoms with Crippen molar-refractivity contribution in [3.8, 4) is 0 Å². The highest BCUT2D eigenvalue weighted by molar-refractivity contribution is 8.00. The van der Waals surface area contributed by atoms with E-state index in [0.29, 0.717) is 24.0 Å². The maximum absolute atomic E-state index is 10.0. The molecule has 2 aliphatic rings. The summed E-state index contributed by atoms with van der Waals surface area (Å²) in [6.07, 6.45) is 13.9. The number of hydrogen-bond acceptors (Lipinski definition) is 4. The average molecular weight is 301 g/mol. The molecule has 1 atom stereocenters. The maximum Gasteiger partial charge on any atom is 0.0897 e. The highest BCUT2D eigenvalue weighted by Gasteiger charge is 2.30. The lowest BCUT2D eigenvalue weighted by Crippen LogP contribution is -2.42. The zero-order valence-electron chi connectivity index (χ0n) is 12.9. The Balaban J connectivity index is 1.58. The van der Waals surface area contributed by atoms with Crippen molar-refractivity contribution >= 4 is 11.8 Å². The molecular formula is C16H31NO2S. The normalized spacial score (nSPS) is 24.9. The molecule has 3 nitrogen and oxygen atoms in total. The number of hydrogen-bond donors (Lipinski definition) is 2. The summed E-state index contributed by atoms with van der Waals surface area (Å²) in [7, 11) is 0. The van der Waals surface area contributed by atoms with Crippen molar-refractivity contribution in [2.45, 2.75) is 74.7 Å². The molecule has 118 valence electrons. The first kappa shape index (κ1) is 16.6. The summed E-state index contributed by atoms with van der Waals surface area (Å²) in [4.78, 5) is 0. The van der Waals surface area contributed by atoms with Crippen LogP contribution < -0.4 is 5.32 Å². The van der Waals surface area contributed by atoms with Gasteiger partial charge in [0.1, 0.15) is 0 Å². The molecule has 0 aliphatic heterocycles. The van der Waals surface area contributed by atoms with Gasteiger partial charge in [-0.2, -0.15) is 11.8 Å². The van der Waals surface area contributed by atoms with Gasteiger partial charge in [0.15, 0.2) is 0 Å². The van der Waals surface area contributed by atoms with Crippen LogP contribution in [0.4, 0.5) is 0 Å². The molecule has 2 fully saturated rings. The fraction of sp³-hybridized carbons (Fsp3) is 1.00. The fourth-order valence-electron chi connectivity index (χ4n) is 3.48. The van der Waals surface area contributed by atoms with E-state index >= 15 is 0 Å². The molecule has 4 heteroatoms. The van der Waals surface area contributed by atoms with E-state index in [1.807, 2.05) is 11.8 Å². The van der Waals surface area contributed by atoms with Gasteiger partial charge >= 0.3 is 0 Å². The summed E-state index contributed by atoms with van der Waals surface area (Å²) in [5.41, 5.74) is 0. The van der Waals surface area contributed by atoms with E-state index in [1.165, 1.54) is 57.8 Å². The fourth-order valence-corrected chi connectivity index (χ4v) is 4.42. The summed E-state index contributed by atoms with van der Waals surface area (Å²) in [5, 5.41) is 13.5. The number of aliphatic hydroxyl groups is 1. The van der Waals surface area contributed by atoms with E-state index in [-0.39, 0.29) is 6.10 Å². The summed E-state index contributed by atoms with van der Waals surface area (Å²) < 4.78 is 6.17. The van der Waals surface area contributed by atoms with Gasteiger partial charge in [-0.15, -0.1) is 0 Å². The van der Waals surface area contributed by atoms with Crippen LogP contribution in [0, 0.1) is 0 Å². The first-order valence-electron chi connectivity index (χ1n) is 8.30. The Morgan fingerprint density at radius 2 is 1.90 bits per heavy atom. The maximum atomic E-state index is 10.0. The summed E-state index contributed by atoms with van der Waals surface area (Å²) in [6, 6.07) is 0. The Kier molecular flexibility index (Phi) is 7.15. The standard InChI is InChI=1S/C16H31NO2S/c1-20-16(9-5-2-6-10-16)13-17-11-14(18)12-19-15-7-3-4-8-15/h14-15,17-18H,2-13H2,1H3. The lowest BCUT2D eigenvalue weighted by molar-refractivity contribution is -0.00558. The number of thioether (sulfide) groups is 1. The van der Waals surface area contributed by atoms with Crippen molar-refractivity contribution in [3.63, 3.8) is 0 Å². The second kappa shape index (κ2) is 8.62. The molecule has 0 heterocycles. The molecule has 0 spiro atoms. The Labute approximate surface area is 128 Å². The van der Waals surface area contributed by atoms with Crippen LogP contribution in [-0.2, 0) is 4.74 Å². The number of aliphatic hydroxyl groups excluding tert-OH is 1. The lowest BCUT2D eigenvalue weighted by Gasteiger charge is -2.36. The Hall–Kier alpha value is 0.230. The molecule has 0 saturated heterocycles. The van der Waals surface area contributed by atoms with Crippen molar-refractivity contribution in [2.24, 2.45) is 0 Å². The van der Waals surface area contributed by atoms with Crippen LogP contribution in [-0.4, -0.2) is 48.0 Å². The minimum absolute atomic E-state index is 0.363. The minimum atomic E-state index is -0.363. The number of ether oxygens (including phenoxy) is 1. The van der Waals surface area contributed by atoms with Crippen molar-refractivity contribution in [1.82, 2.24) is 5.32 Å². The Morgan fingerprint density at radius 1 is 1.20 bits per heavy atom. The zero-order chi connectivity index (χ0) is 14.3. The van der Waals surface area contributed by atoms with Gasteiger partial charge in [0, 0.05) is 17.8 Å². The molecule has 20 heavy (non-hydrogen) atoms. The van der Waals surface area contributed by atoms with E-state index in [2.05, 4.69) is 11.6 Å². The highest BCUT2D eigenvalue weighted by Crippen LogP contribution is 2.37. The summed E-state index contributed by atoms with van der Waals surface area (Å²) >= 11 is 2.00. The van der Waals surface area contributed by atoms with Gasteiger partial charge in [-0.1, -0.05) is 32.1 Å². The van der Waals surface area contributed by atoms with Gasteiger partial charge in [-0.25, -0.2) is 0 Å². The van der Waals surface area contributed by atoms with Crippen molar-refractivity contribution < 1.29 is 9.84 Å². The van der Waals surface area contributed by atoms with Crippen molar-refractivity contribution in [1.29, 1.82) is 0 Å². The molecule has 2 aliphatic carbocycles. The predicted molar refractivity (Wildman–Crippen MR) is 86.4 cm³/mol. The first-order valence-corrected chi connectivity index (χ1v) is 9.52. The third kappa shape index (κ3) is 5.21. The third-order valence-electron chi connectivity index (χ3n) is 4.85. The quantitative estimate of drug-likeness (QED) is 0.723. The smallest absolute Gasteiger partial charge is 0.0897 e. The molecule has 0 radical (unpaired) electrons. The molecule has 0 aromatic rings. The number of rotatable bonds is 8. The molecular weight excluding hydrogens is 270 g/mol. The summed E-state index contributed by atoms with van der Waals surface area (Å²) in [6.45, 7) is 2.17. The van der Waals surface area contributed by atoms with Crippen LogP contribution in [0.1, 0.15) is 57.8 Å². The molecule has 1 unspecified atom stereocenters. The van der Waals surface area contributed by atoms with E-state index in [4.69, 9.17) is 4.74 Å². The van der Waals surface area contributed by atoms with Crippen LogP contribution in [0.2, 0.25) is 0 Å². The second-order valence-electron chi connectivity index (χ2n) is 6.47. The zero-order valence-corrected chi connectivity index (χ0v) is 13.7. The Morgan fingerprint density at radius 3 is 2.55 bits per heavy atom. The third-order valence-corrected chi connectivity index (χ3v) is 6.27. The molecule has 2 N–H and O–H groups in total. The predicted octanol–water partition coefficient (Wildman–Crippen LogP) is 2.96. The van der Waals surface area contributed by atoms with E-state index in [1.54, 1.807) is 0 Å². The monoisotopic (exact) mass is 301 g/mol. The van der Waals surface area contributed by atoms with Crippen LogP contribution >= 0.6 is 11.8 Å². The van der Waals surface area contributed by atoms with Crippen LogP contribution in [0.25, 0.3) is 0 Å². The Bertz CT molecular complexity index is 263. The topological polar surface area (TPSA) is 41.5 Å². The molecule has 0 aromatic heterocycles. The molecule has 0 bridgehead atoms. The van der Waals surface area contributed by atoms with Crippen molar-refractivity contribution in [3.05, 3.63) is 0 Å². The van der Waals surface area contributed by atoms with E-state index in [0.717, 1.165) is 6.54 Å². The first-order chi connectivity index (χ1) is 9.74. The largest absolute Gasteiger partial charge is 0.389 e. The molecule has 0 amide bonds. The number of nitrogens with one attached hydrogen (secondary N) is 1. The second-order valence-corrected chi connectivity index (χ2v) is 7.75. The SMILES string of the molecule is CSC1(CNCC(O)COC2CCCC2)CCCCC1. The highest BCUT2D eigenvalue weighted by atomic mass is 32.2.